The Morgan fingerprint density at radius 2 is 2.09 bits per heavy atom. The van der Waals surface area contributed by atoms with Crippen LogP contribution in [0.2, 0.25) is 0 Å². The van der Waals surface area contributed by atoms with Gasteiger partial charge in [-0.25, -0.2) is 0 Å². The zero-order valence-corrected chi connectivity index (χ0v) is 14.2. The Kier molecular flexibility index (Phi) is 3.67. The molecule has 3 heteroatoms. The van der Waals surface area contributed by atoms with Gasteiger partial charge in [-0.1, -0.05) is 13.8 Å². The van der Waals surface area contributed by atoms with Gasteiger partial charge in [0.2, 0.25) is 0 Å². The zero-order valence-electron chi connectivity index (χ0n) is 14.2. The first-order chi connectivity index (χ1) is 10.4. The van der Waals surface area contributed by atoms with E-state index in [1.165, 1.54) is 22.5 Å². The van der Waals surface area contributed by atoms with Gasteiger partial charge in [-0.05, 0) is 68.0 Å². The number of aryl methyl sites for hydroxylation is 1. The standard InChI is InChI=1S/C19H26N2O/c1-12(2)20-15-9-13(3)17-14(10-15)11-19(4,5)18(21-17)16-7-6-8-22-16/h6-10,12,18,20-21H,11H2,1-5H3. The van der Waals surface area contributed by atoms with E-state index in [0.29, 0.717) is 6.04 Å². The molecule has 0 aliphatic carbocycles. The molecule has 1 aromatic carbocycles. The second kappa shape index (κ2) is 5.38. The van der Waals surface area contributed by atoms with Crippen molar-refractivity contribution in [3.05, 3.63) is 47.4 Å². The predicted octanol–water partition coefficient (Wildman–Crippen LogP) is 5.14. The summed E-state index contributed by atoms with van der Waals surface area (Å²) in [6.07, 6.45) is 2.79. The van der Waals surface area contributed by atoms with Crippen molar-refractivity contribution < 1.29 is 4.42 Å². The lowest BCUT2D eigenvalue weighted by molar-refractivity contribution is 0.263. The summed E-state index contributed by atoms with van der Waals surface area (Å²) in [5, 5.41) is 7.23. The van der Waals surface area contributed by atoms with Gasteiger partial charge < -0.3 is 15.1 Å². The van der Waals surface area contributed by atoms with Gasteiger partial charge in [0.05, 0.1) is 12.3 Å². The molecule has 1 atom stereocenters. The first-order valence-corrected chi connectivity index (χ1v) is 8.07. The van der Waals surface area contributed by atoms with Gasteiger partial charge in [0.1, 0.15) is 5.76 Å². The highest BCUT2D eigenvalue weighted by Crippen LogP contribution is 2.46. The predicted molar refractivity (Wildman–Crippen MR) is 92.5 cm³/mol. The second-order valence-corrected chi connectivity index (χ2v) is 7.38. The molecule has 22 heavy (non-hydrogen) atoms. The van der Waals surface area contributed by atoms with Crippen molar-refractivity contribution in [2.45, 2.75) is 53.1 Å². The molecule has 0 saturated carbocycles. The topological polar surface area (TPSA) is 37.2 Å². The Hall–Kier alpha value is -1.90. The minimum absolute atomic E-state index is 0.105. The Morgan fingerprint density at radius 1 is 1.32 bits per heavy atom. The van der Waals surface area contributed by atoms with Gasteiger partial charge in [0.25, 0.3) is 0 Å². The molecule has 1 aliphatic heterocycles. The number of anilines is 2. The van der Waals surface area contributed by atoms with E-state index in [1.807, 2.05) is 6.07 Å². The maximum absolute atomic E-state index is 5.67. The van der Waals surface area contributed by atoms with Crippen LogP contribution in [0.25, 0.3) is 0 Å². The largest absolute Gasteiger partial charge is 0.467 e. The van der Waals surface area contributed by atoms with E-state index in [2.05, 4.69) is 63.5 Å². The highest BCUT2D eigenvalue weighted by Gasteiger charge is 2.38. The molecular formula is C19H26N2O. The highest BCUT2D eigenvalue weighted by molar-refractivity contribution is 5.67. The smallest absolute Gasteiger partial charge is 0.126 e. The molecule has 2 aromatic rings. The van der Waals surface area contributed by atoms with Crippen molar-refractivity contribution in [2.75, 3.05) is 10.6 Å². The summed E-state index contributed by atoms with van der Waals surface area (Å²) in [5.74, 6) is 1.01. The average molecular weight is 298 g/mol. The van der Waals surface area contributed by atoms with E-state index < -0.39 is 0 Å². The summed E-state index contributed by atoms with van der Waals surface area (Å²) in [6, 6.07) is 9.19. The summed E-state index contributed by atoms with van der Waals surface area (Å²) >= 11 is 0. The quantitative estimate of drug-likeness (QED) is 0.823. The first kappa shape index (κ1) is 15.0. The number of hydrogen-bond acceptors (Lipinski definition) is 3. The van der Waals surface area contributed by atoms with Crippen LogP contribution in [0.3, 0.4) is 0 Å². The van der Waals surface area contributed by atoms with Crippen LogP contribution in [-0.2, 0) is 6.42 Å². The van der Waals surface area contributed by atoms with Crippen molar-refractivity contribution >= 4 is 11.4 Å². The van der Waals surface area contributed by atoms with Gasteiger partial charge in [-0.15, -0.1) is 0 Å². The summed E-state index contributed by atoms with van der Waals surface area (Å²) in [6.45, 7) is 11.1. The monoisotopic (exact) mass is 298 g/mol. The lowest BCUT2D eigenvalue weighted by Gasteiger charge is -2.40. The molecule has 3 rings (SSSR count). The van der Waals surface area contributed by atoms with Crippen LogP contribution in [0.1, 0.15) is 50.6 Å². The maximum atomic E-state index is 5.67. The normalized spacial score (nSPS) is 19.6. The highest BCUT2D eigenvalue weighted by atomic mass is 16.3. The fourth-order valence-corrected chi connectivity index (χ4v) is 3.47. The number of fused-ring (bicyclic) bond motifs is 1. The SMILES string of the molecule is Cc1cc(NC(C)C)cc2c1NC(c1ccco1)C(C)(C)C2. The second-order valence-electron chi connectivity index (χ2n) is 7.38. The molecule has 2 N–H and O–H groups in total. The van der Waals surface area contributed by atoms with Crippen LogP contribution in [0, 0.1) is 12.3 Å². The molecule has 0 spiro atoms. The minimum Gasteiger partial charge on any atom is -0.467 e. The lowest BCUT2D eigenvalue weighted by atomic mass is 9.74. The minimum atomic E-state index is 0.105. The van der Waals surface area contributed by atoms with Crippen LogP contribution in [-0.4, -0.2) is 6.04 Å². The third kappa shape index (κ3) is 2.72. The molecule has 1 aromatic heterocycles. The third-order valence-electron chi connectivity index (χ3n) is 4.42. The molecule has 0 bridgehead atoms. The van der Waals surface area contributed by atoms with E-state index in [1.54, 1.807) is 6.26 Å². The number of benzene rings is 1. The molecular weight excluding hydrogens is 272 g/mol. The van der Waals surface area contributed by atoms with Crippen LogP contribution < -0.4 is 10.6 Å². The summed E-state index contributed by atoms with van der Waals surface area (Å²) in [7, 11) is 0. The van der Waals surface area contributed by atoms with E-state index >= 15 is 0 Å². The van der Waals surface area contributed by atoms with Crippen molar-refractivity contribution in [1.82, 2.24) is 0 Å². The van der Waals surface area contributed by atoms with Crippen LogP contribution in [0.5, 0.6) is 0 Å². The maximum Gasteiger partial charge on any atom is 0.126 e. The summed E-state index contributed by atoms with van der Waals surface area (Å²) < 4.78 is 5.67. The van der Waals surface area contributed by atoms with E-state index in [-0.39, 0.29) is 11.5 Å². The summed E-state index contributed by atoms with van der Waals surface area (Å²) in [5.41, 5.74) is 5.24. The third-order valence-corrected chi connectivity index (χ3v) is 4.42. The molecule has 1 aliphatic rings. The van der Waals surface area contributed by atoms with Crippen LogP contribution in [0.4, 0.5) is 11.4 Å². The van der Waals surface area contributed by atoms with Crippen molar-refractivity contribution in [1.29, 1.82) is 0 Å². The van der Waals surface area contributed by atoms with E-state index in [0.717, 1.165) is 12.2 Å². The molecule has 3 nitrogen and oxygen atoms in total. The Bertz CT molecular complexity index is 656. The van der Waals surface area contributed by atoms with Crippen molar-refractivity contribution in [3.63, 3.8) is 0 Å². The van der Waals surface area contributed by atoms with Gasteiger partial charge in [0.15, 0.2) is 0 Å². The number of hydrogen-bond donors (Lipinski definition) is 2. The van der Waals surface area contributed by atoms with Gasteiger partial charge in [-0.3, -0.25) is 0 Å². The fourth-order valence-electron chi connectivity index (χ4n) is 3.47. The van der Waals surface area contributed by atoms with Crippen molar-refractivity contribution in [3.8, 4) is 0 Å². The van der Waals surface area contributed by atoms with Gasteiger partial charge >= 0.3 is 0 Å². The molecule has 1 unspecified atom stereocenters. The molecule has 0 radical (unpaired) electrons. The summed E-state index contributed by atoms with van der Waals surface area (Å²) in [4.78, 5) is 0. The average Bonchev–Trinajstić information content (AvgIpc) is 2.89. The van der Waals surface area contributed by atoms with Gasteiger partial charge in [-0.2, -0.15) is 0 Å². The Morgan fingerprint density at radius 3 is 2.73 bits per heavy atom. The number of rotatable bonds is 3. The molecule has 0 fully saturated rings. The number of nitrogens with one attached hydrogen (secondary N) is 2. The number of furan rings is 1. The molecule has 2 heterocycles. The fraction of sp³-hybridized carbons (Fsp3) is 0.474. The lowest BCUT2D eigenvalue weighted by Crippen LogP contribution is -2.35. The van der Waals surface area contributed by atoms with E-state index in [4.69, 9.17) is 4.42 Å². The Labute approximate surface area is 133 Å². The molecule has 0 saturated heterocycles. The van der Waals surface area contributed by atoms with Crippen LogP contribution >= 0.6 is 0 Å². The first-order valence-electron chi connectivity index (χ1n) is 8.07. The van der Waals surface area contributed by atoms with Crippen LogP contribution in [0.15, 0.2) is 34.9 Å². The Balaban J connectivity index is 1.99. The molecule has 0 amide bonds. The zero-order chi connectivity index (χ0) is 15.9. The molecule has 118 valence electrons. The van der Waals surface area contributed by atoms with Crippen molar-refractivity contribution in [2.24, 2.45) is 5.41 Å². The van der Waals surface area contributed by atoms with Gasteiger partial charge in [0, 0.05) is 17.4 Å². The van der Waals surface area contributed by atoms with E-state index in [9.17, 15) is 0 Å².